The smallest absolute Gasteiger partial charge is 0.259 e. The molecule has 0 spiro atoms. The Bertz CT molecular complexity index is 845. The van der Waals surface area contributed by atoms with Gasteiger partial charge in [-0.3, -0.25) is 9.69 Å². The van der Waals surface area contributed by atoms with Crippen LogP contribution in [0, 0.1) is 5.92 Å². The number of thioether (sulfide) groups is 1. The number of aliphatic hydroxyl groups is 1. The summed E-state index contributed by atoms with van der Waals surface area (Å²) < 4.78 is 0. The maximum absolute atomic E-state index is 13.6. The van der Waals surface area contributed by atoms with Gasteiger partial charge < -0.3 is 10.0 Å². The maximum Gasteiger partial charge on any atom is 0.259 e. The first kappa shape index (κ1) is 21.4. The zero-order valence-corrected chi connectivity index (χ0v) is 18.6. The van der Waals surface area contributed by atoms with Gasteiger partial charge >= 0.3 is 0 Å². The lowest BCUT2D eigenvalue weighted by atomic mass is 9.79. The van der Waals surface area contributed by atoms with Crippen LogP contribution in [0.3, 0.4) is 0 Å². The maximum atomic E-state index is 13.6. The molecular weight excluding hydrogens is 392 g/mol. The second kappa shape index (κ2) is 9.54. The van der Waals surface area contributed by atoms with Crippen LogP contribution in [0.4, 0.5) is 0 Å². The van der Waals surface area contributed by atoms with Crippen molar-refractivity contribution in [3.63, 3.8) is 0 Å². The molecule has 0 unspecified atom stereocenters. The first-order valence-electron chi connectivity index (χ1n) is 11.0. The fraction of sp³-hybridized carbons (Fsp3) is 0.480. The van der Waals surface area contributed by atoms with Gasteiger partial charge in [0.05, 0.1) is 0 Å². The van der Waals surface area contributed by atoms with Crippen molar-refractivity contribution in [2.45, 2.75) is 42.7 Å². The lowest BCUT2D eigenvalue weighted by Gasteiger charge is -2.41. The normalized spacial score (nSPS) is 20.3. The Labute approximate surface area is 184 Å². The molecule has 0 bridgehead atoms. The number of nitrogens with zero attached hydrogens (tertiary/aromatic N) is 2. The molecular formula is C25H32N2O2S. The highest BCUT2D eigenvalue weighted by Crippen LogP contribution is 2.42. The second-order valence-electron chi connectivity index (χ2n) is 8.53. The minimum Gasteiger partial charge on any atom is -0.375 e. The standard InChI is InChI=1S/C25H32N2O2S/c1-30-23-13-7-8-20(18-23)19-26-14-16-27(17-15-26)24(28)25(29,22-11-5-6-12-22)21-9-3-2-4-10-21/h2-4,7-10,13,18,22,29H,5-6,11-12,14-17,19H2,1H3/t25-/m0/s1. The Balaban J connectivity index is 1.44. The third-order valence-corrected chi connectivity index (χ3v) is 7.41. The number of piperazine rings is 1. The Kier molecular flexibility index (Phi) is 6.81. The third-order valence-electron chi connectivity index (χ3n) is 6.69. The molecule has 1 N–H and O–H groups in total. The zero-order valence-electron chi connectivity index (χ0n) is 17.8. The van der Waals surface area contributed by atoms with E-state index < -0.39 is 5.60 Å². The first-order valence-corrected chi connectivity index (χ1v) is 12.3. The average Bonchev–Trinajstić information content (AvgIpc) is 3.35. The number of carbonyl (C=O) groups excluding carboxylic acids is 1. The van der Waals surface area contributed by atoms with Crippen LogP contribution in [0.15, 0.2) is 59.5 Å². The molecule has 160 valence electrons. The Hall–Kier alpha value is -1.82. The van der Waals surface area contributed by atoms with Gasteiger partial charge in [-0.25, -0.2) is 0 Å². The Morgan fingerprint density at radius 3 is 2.40 bits per heavy atom. The molecule has 30 heavy (non-hydrogen) atoms. The quantitative estimate of drug-likeness (QED) is 0.708. The average molecular weight is 425 g/mol. The molecule has 2 aromatic rings. The minimum atomic E-state index is -1.40. The van der Waals surface area contributed by atoms with Crippen molar-refractivity contribution in [3.05, 3.63) is 65.7 Å². The van der Waals surface area contributed by atoms with E-state index >= 15 is 0 Å². The fourth-order valence-electron chi connectivity index (χ4n) is 4.95. The summed E-state index contributed by atoms with van der Waals surface area (Å²) in [5, 5.41) is 11.8. The van der Waals surface area contributed by atoms with Crippen molar-refractivity contribution < 1.29 is 9.90 Å². The highest BCUT2D eigenvalue weighted by molar-refractivity contribution is 7.98. The monoisotopic (exact) mass is 424 g/mol. The van der Waals surface area contributed by atoms with Gasteiger partial charge in [-0.1, -0.05) is 55.3 Å². The van der Waals surface area contributed by atoms with Gasteiger partial charge in [0.15, 0.2) is 5.60 Å². The molecule has 1 aliphatic carbocycles. The summed E-state index contributed by atoms with van der Waals surface area (Å²) in [5.41, 5.74) is 0.665. The minimum absolute atomic E-state index is 0.0136. The van der Waals surface area contributed by atoms with Crippen molar-refractivity contribution in [3.8, 4) is 0 Å². The van der Waals surface area contributed by atoms with Crippen molar-refractivity contribution in [1.82, 2.24) is 9.80 Å². The molecule has 2 fully saturated rings. The van der Waals surface area contributed by atoms with E-state index in [0.717, 1.165) is 50.9 Å². The van der Waals surface area contributed by atoms with Gasteiger partial charge in [0.1, 0.15) is 0 Å². The predicted molar refractivity (Wildman–Crippen MR) is 122 cm³/mol. The van der Waals surface area contributed by atoms with Gasteiger partial charge in [-0.2, -0.15) is 0 Å². The van der Waals surface area contributed by atoms with E-state index in [9.17, 15) is 9.90 Å². The molecule has 1 saturated carbocycles. The molecule has 1 amide bonds. The van der Waals surface area contributed by atoms with E-state index in [1.165, 1.54) is 10.5 Å². The SMILES string of the molecule is CSc1cccc(CN2CCN(C(=O)[C@](O)(c3ccccc3)C3CCCC3)CC2)c1. The van der Waals surface area contributed by atoms with E-state index in [1.54, 1.807) is 11.8 Å². The van der Waals surface area contributed by atoms with Crippen LogP contribution in [0.2, 0.25) is 0 Å². The summed E-state index contributed by atoms with van der Waals surface area (Å²) in [6.45, 7) is 3.92. The Morgan fingerprint density at radius 1 is 1.03 bits per heavy atom. The van der Waals surface area contributed by atoms with Gasteiger partial charge in [0, 0.05) is 43.5 Å². The lowest BCUT2D eigenvalue weighted by Crippen LogP contribution is -2.56. The van der Waals surface area contributed by atoms with Gasteiger partial charge in [0.2, 0.25) is 0 Å². The van der Waals surface area contributed by atoms with Crippen LogP contribution in [-0.4, -0.2) is 53.2 Å². The van der Waals surface area contributed by atoms with Gasteiger partial charge in [-0.05, 0) is 42.4 Å². The molecule has 2 aliphatic rings. The molecule has 1 aliphatic heterocycles. The largest absolute Gasteiger partial charge is 0.375 e. The molecule has 4 nitrogen and oxygen atoms in total. The van der Waals surface area contributed by atoms with E-state index in [2.05, 4.69) is 35.4 Å². The van der Waals surface area contributed by atoms with Crippen molar-refractivity contribution in [2.24, 2.45) is 5.92 Å². The number of amides is 1. The van der Waals surface area contributed by atoms with Crippen molar-refractivity contribution >= 4 is 17.7 Å². The summed E-state index contributed by atoms with van der Waals surface area (Å²) in [4.78, 5) is 19.2. The van der Waals surface area contributed by atoms with Crippen LogP contribution in [-0.2, 0) is 16.9 Å². The fourth-order valence-corrected chi connectivity index (χ4v) is 5.43. The summed E-state index contributed by atoms with van der Waals surface area (Å²) in [6.07, 6.45) is 6.12. The van der Waals surface area contributed by atoms with Gasteiger partial charge in [0.25, 0.3) is 5.91 Å². The van der Waals surface area contributed by atoms with Crippen molar-refractivity contribution in [2.75, 3.05) is 32.4 Å². The van der Waals surface area contributed by atoms with E-state index in [4.69, 9.17) is 0 Å². The summed E-state index contributed by atoms with van der Waals surface area (Å²) in [6, 6.07) is 18.3. The van der Waals surface area contributed by atoms with Crippen LogP contribution in [0.1, 0.15) is 36.8 Å². The van der Waals surface area contributed by atoms with Crippen molar-refractivity contribution in [1.29, 1.82) is 0 Å². The van der Waals surface area contributed by atoms with E-state index in [1.807, 2.05) is 35.2 Å². The second-order valence-corrected chi connectivity index (χ2v) is 9.41. The number of rotatable bonds is 6. The summed E-state index contributed by atoms with van der Waals surface area (Å²) >= 11 is 1.76. The molecule has 5 heteroatoms. The molecule has 1 atom stereocenters. The number of hydrogen-bond donors (Lipinski definition) is 1. The highest BCUT2D eigenvalue weighted by Gasteiger charge is 2.48. The molecule has 1 saturated heterocycles. The van der Waals surface area contributed by atoms with E-state index in [-0.39, 0.29) is 11.8 Å². The molecule has 1 heterocycles. The summed E-state index contributed by atoms with van der Waals surface area (Å²) in [7, 11) is 0. The number of hydrogen-bond acceptors (Lipinski definition) is 4. The van der Waals surface area contributed by atoms with Gasteiger partial charge in [-0.15, -0.1) is 11.8 Å². The number of carbonyl (C=O) groups is 1. The summed E-state index contributed by atoms with van der Waals surface area (Å²) in [5.74, 6) is -0.0932. The predicted octanol–water partition coefficient (Wildman–Crippen LogP) is 4.13. The Morgan fingerprint density at radius 2 is 1.73 bits per heavy atom. The first-order chi connectivity index (χ1) is 14.6. The van der Waals surface area contributed by atoms with Crippen LogP contribution < -0.4 is 0 Å². The zero-order chi connectivity index (χ0) is 21.0. The van der Waals surface area contributed by atoms with E-state index in [0.29, 0.717) is 13.1 Å². The topological polar surface area (TPSA) is 43.8 Å². The molecule has 0 radical (unpaired) electrons. The lowest BCUT2D eigenvalue weighted by molar-refractivity contribution is -0.161. The molecule has 2 aromatic carbocycles. The van der Waals surface area contributed by atoms with Crippen LogP contribution in [0.5, 0.6) is 0 Å². The van der Waals surface area contributed by atoms with Crippen LogP contribution in [0.25, 0.3) is 0 Å². The molecule has 0 aromatic heterocycles. The third kappa shape index (κ3) is 4.43. The van der Waals surface area contributed by atoms with Crippen LogP contribution >= 0.6 is 11.8 Å². The highest BCUT2D eigenvalue weighted by atomic mass is 32.2. The molecule has 4 rings (SSSR count). The number of benzene rings is 2.